The molecule has 0 aromatic carbocycles. The Morgan fingerprint density at radius 2 is 1.17 bits per heavy atom. The minimum Gasteiger partial charge on any atom is -0.867 e. The molecule has 0 rings (SSSR count). The molecule has 0 bridgehead atoms. The SMILES string of the molecule is [Cs+].[Cs+].[O-]B([O-])F. The maximum atomic E-state index is 9.89. The van der Waals surface area contributed by atoms with Crippen molar-refractivity contribution in [3.63, 3.8) is 0 Å². The standard InChI is InChI=1S/BFO2.2Cs/c2-1(3)4;;/q-2;2*+1. The van der Waals surface area contributed by atoms with E-state index in [9.17, 15) is 4.32 Å². The van der Waals surface area contributed by atoms with Gasteiger partial charge >= 0.3 is 138 Å². The van der Waals surface area contributed by atoms with Crippen LogP contribution in [0.25, 0.3) is 0 Å². The molecule has 6 heavy (non-hydrogen) atoms. The molecular weight excluding hydrogens is 328 g/mol. The third kappa shape index (κ3) is 24.5. The molecule has 0 fully saturated rings. The predicted molar refractivity (Wildman–Crippen MR) is 6.86 cm³/mol. The third-order valence-corrected chi connectivity index (χ3v) is 0. The quantitative estimate of drug-likeness (QED) is 0.415. The molecule has 24 valence electrons. The van der Waals surface area contributed by atoms with Crippen molar-refractivity contribution in [2.24, 2.45) is 0 Å². The number of rotatable bonds is 0. The van der Waals surface area contributed by atoms with Crippen molar-refractivity contribution in [1.82, 2.24) is 0 Å². The van der Waals surface area contributed by atoms with Crippen LogP contribution in [0.1, 0.15) is 0 Å². The molecule has 0 amide bonds. The fraction of sp³-hybridized carbons (Fsp3) is 0. The van der Waals surface area contributed by atoms with Crippen molar-refractivity contribution in [2.75, 3.05) is 0 Å². The van der Waals surface area contributed by atoms with Gasteiger partial charge in [0.1, 0.15) is 7.40 Å². The van der Waals surface area contributed by atoms with Gasteiger partial charge in [0.2, 0.25) is 0 Å². The number of hydrogen-bond acceptors (Lipinski definition) is 2. The van der Waals surface area contributed by atoms with E-state index in [1.165, 1.54) is 0 Å². The molecule has 0 aromatic heterocycles. The first-order valence-corrected chi connectivity index (χ1v) is 0.690. The summed E-state index contributed by atoms with van der Waals surface area (Å²) in [5, 5.41) is 16.6. The van der Waals surface area contributed by atoms with Crippen molar-refractivity contribution >= 4 is 7.40 Å². The van der Waals surface area contributed by atoms with Crippen LogP contribution in [0, 0.1) is 0 Å². The maximum Gasteiger partial charge on any atom is 1.00 e. The van der Waals surface area contributed by atoms with Gasteiger partial charge in [0, 0.05) is 0 Å². The van der Waals surface area contributed by atoms with Gasteiger partial charge in [-0.15, -0.1) is 0 Å². The van der Waals surface area contributed by atoms with Gasteiger partial charge in [-0.25, -0.2) is 0 Å². The monoisotopic (exact) mass is 328 g/mol. The Bertz CT molecular complexity index is 16.3. The van der Waals surface area contributed by atoms with Crippen molar-refractivity contribution in [2.45, 2.75) is 0 Å². The van der Waals surface area contributed by atoms with Crippen LogP contribution in [0.4, 0.5) is 4.32 Å². The van der Waals surface area contributed by atoms with Crippen molar-refractivity contribution in [3.8, 4) is 0 Å². The second-order valence-electron chi connectivity index (χ2n) is 0.274. The van der Waals surface area contributed by atoms with Crippen LogP contribution in [-0.2, 0) is 0 Å². The first-order chi connectivity index (χ1) is 1.73. The number of hydrogen-bond donors (Lipinski definition) is 0. The second-order valence-corrected chi connectivity index (χ2v) is 0.274. The summed E-state index contributed by atoms with van der Waals surface area (Å²) >= 11 is 0. The van der Waals surface area contributed by atoms with E-state index in [2.05, 4.69) is 0 Å². The van der Waals surface area contributed by atoms with Crippen molar-refractivity contribution in [1.29, 1.82) is 0 Å². The van der Waals surface area contributed by atoms with Crippen LogP contribution in [0.3, 0.4) is 0 Å². The maximum absolute atomic E-state index is 9.89. The van der Waals surface area contributed by atoms with Crippen LogP contribution >= 0.6 is 0 Å². The molecule has 6 heteroatoms. The van der Waals surface area contributed by atoms with Crippen molar-refractivity contribution < 1.29 is 152 Å². The van der Waals surface area contributed by atoms with E-state index in [-0.39, 0.29) is 138 Å². The van der Waals surface area contributed by atoms with Gasteiger partial charge in [-0.05, 0) is 0 Å². The fourth-order valence-corrected chi connectivity index (χ4v) is 0. The molecule has 0 N–H and O–H groups in total. The van der Waals surface area contributed by atoms with Crippen LogP contribution in [-0.4, -0.2) is 7.40 Å². The van der Waals surface area contributed by atoms with Gasteiger partial charge in [-0.2, -0.15) is 0 Å². The number of halogens is 1. The van der Waals surface area contributed by atoms with E-state index in [1.54, 1.807) is 0 Å². The molecule has 0 atom stereocenters. The van der Waals surface area contributed by atoms with E-state index in [1.807, 2.05) is 0 Å². The first-order valence-electron chi connectivity index (χ1n) is 0.690. The smallest absolute Gasteiger partial charge is 0.867 e. The Labute approximate surface area is 154 Å². The summed E-state index contributed by atoms with van der Waals surface area (Å²) < 4.78 is 9.89. The summed E-state index contributed by atoms with van der Waals surface area (Å²) in [5.74, 6) is 0. The largest absolute Gasteiger partial charge is 1.00 e. The van der Waals surface area contributed by atoms with Crippen molar-refractivity contribution in [3.05, 3.63) is 0 Å². The predicted octanol–water partition coefficient (Wildman–Crippen LogP) is -8.33. The summed E-state index contributed by atoms with van der Waals surface area (Å²) in [6.07, 6.45) is 0. The summed E-state index contributed by atoms with van der Waals surface area (Å²) in [5.41, 5.74) is 0. The normalized spacial score (nSPS) is 4.50. The van der Waals surface area contributed by atoms with Crippen LogP contribution in [0.2, 0.25) is 0 Å². The molecule has 2 nitrogen and oxygen atoms in total. The zero-order chi connectivity index (χ0) is 3.58. The molecule has 0 aliphatic rings. The minimum absolute atomic E-state index is 0. The molecule has 0 unspecified atom stereocenters. The Morgan fingerprint density at radius 3 is 1.17 bits per heavy atom. The van der Waals surface area contributed by atoms with E-state index in [4.69, 9.17) is 10.0 Å². The topological polar surface area (TPSA) is 46.1 Å². The van der Waals surface area contributed by atoms with E-state index in [0.29, 0.717) is 0 Å². The van der Waals surface area contributed by atoms with Crippen LogP contribution < -0.4 is 148 Å². The molecule has 0 heterocycles. The molecule has 0 aliphatic heterocycles. The molecule has 0 radical (unpaired) electrons. The zero-order valence-corrected chi connectivity index (χ0v) is 16.3. The third-order valence-electron chi connectivity index (χ3n) is 0. The first kappa shape index (κ1) is 16.5. The average Bonchev–Trinajstić information content (AvgIpc) is 0.811. The molecule has 0 spiro atoms. The Morgan fingerprint density at radius 1 is 1.17 bits per heavy atom. The molecular formula is BCs2FO2. The summed E-state index contributed by atoms with van der Waals surface area (Å²) in [6, 6.07) is 0. The summed E-state index contributed by atoms with van der Waals surface area (Å²) in [6.45, 7) is 0. The average molecular weight is 328 g/mol. The van der Waals surface area contributed by atoms with Crippen LogP contribution in [0.5, 0.6) is 0 Å². The summed E-state index contributed by atoms with van der Waals surface area (Å²) in [4.78, 5) is 0. The van der Waals surface area contributed by atoms with Gasteiger partial charge in [0.25, 0.3) is 0 Å². The van der Waals surface area contributed by atoms with E-state index in [0.717, 1.165) is 0 Å². The van der Waals surface area contributed by atoms with Gasteiger partial charge < -0.3 is 14.4 Å². The van der Waals surface area contributed by atoms with Gasteiger partial charge in [-0.1, -0.05) is 0 Å². The van der Waals surface area contributed by atoms with Gasteiger partial charge in [0.05, 0.1) is 0 Å². The molecule has 0 aliphatic carbocycles. The Balaban J connectivity index is -0.0000000450. The van der Waals surface area contributed by atoms with Crippen LogP contribution in [0.15, 0.2) is 0 Å². The minimum atomic E-state index is -3.17. The Kier molecular flexibility index (Phi) is 32.5. The fourth-order valence-electron chi connectivity index (χ4n) is 0. The van der Waals surface area contributed by atoms with E-state index >= 15 is 0 Å². The van der Waals surface area contributed by atoms with Gasteiger partial charge in [-0.3, -0.25) is 0 Å². The molecule has 0 saturated heterocycles. The van der Waals surface area contributed by atoms with Gasteiger partial charge in [0.15, 0.2) is 0 Å². The Hall–Kier alpha value is 4.02. The molecule has 0 aromatic rings. The molecule has 0 saturated carbocycles. The van der Waals surface area contributed by atoms with E-state index < -0.39 is 7.40 Å². The summed E-state index contributed by atoms with van der Waals surface area (Å²) in [7, 11) is -3.17. The second kappa shape index (κ2) is 11.8. The zero-order valence-electron chi connectivity index (χ0n) is 3.77.